The van der Waals surface area contributed by atoms with Crippen LogP contribution in [-0.2, 0) is 4.79 Å². The normalized spacial score (nSPS) is 15.7. The Morgan fingerprint density at radius 1 is 1.12 bits per heavy atom. The van der Waals surface area contributed by atoms with Crippen molar-refractivity contribution in [3.8, 4) is 35.1 Å². The number of amides is 1. The maximum absolute atomic E-state index is 12.4. The molecule has 2 N–H and O–H groups in total. The zero-order valence-electron chi connectivity index (χ0n) is 18.6. The number of piperidine rings is 1. The number of likely N-dealkylation sites (tertiary alicyclic amines) is 1. The fourth-order valence-corrected chi connectivity index (χ4v) is 4.34. The number of hydrogen-bond acceptors (Lipinski definition) is 6. The van der Waals surface area contributed by atoms with Gasteiger partial charge in [-0.05, 0) is 49.2 Å². The van der Waals surface area contributed by atoms with E-state index in [0.717, 1.165) is 29.9 Å². The average Bonchev–Trinajstić information content (AvgIpc) is 3.26. The van der Waals surface area contributed by atoms with Gasteiger partial charge in [-0.3, -0.25) is 4.79 Å². The Morgan fingerprint density at radius 2 is 1.88 bits per heavy atom. The molecule has 8 heteroatoms. The maximum atomic E-state index is 12.4. The number of para-hydroxylation sites is 1. The van der Waals surface area contributed by atoms with Crippen molar-refractivity contribution in [3.05, 3.63) is 60.9 Å². The first-order valence-corrected chi connectivity index (χ1v) is 11.2. The van der Waals surface area contributed by atoms with Gasteiger partial charge in [-0.15, -0.1) is 6.42 Å². The van der Waals surface area contributed by atoms with Gasteiger partial charge in [0.2, 0.25) is 5.91 Å². The van der Waals surface area contributed by atoms with Crippen LogP contribution in [0.5, 0.6) is 11.5 Å². The van der Waals surface area contributed by atoms with Gasteiger partial charge in [-0.25, -0.2) is 14.6 Å². The second kappa shape index (κ2) is 9.24. The monoisotopic (exact) mass is 452 g/mol. The molecule has 1 saturated heterocycles. The lowest BCUT2D eigenvalue weighted by Crippen LogP contribution is -2.40. The molecule has 0 bridgehead atoms. The average molecular weight is 453 g/mol. The van der Waals surface area contributed by atoms with Crippen LogP contribution < -0.4 is 10.5 Å². The van der Waals surface area contributed by atoms with Crippen LogP contribution in [0.2, 0.25) is 0 Å². The van der Waals surface area contributed by atoms with E-state index >= 15 is 0 Å². The van der Waals surface area contributed by atoms with Crippen molar-refractivity contribution in [1.82, 2.24) is 24.6 Å². The van der Waals surface area contributed by atoms with E-state index in [1.807, 2.05) is 64.2 Å². The van der Waals surface area contributed by atoms with Crippen molar-refractivity contribution >= 4 is 22.8 Å². The second-order valence-corrected chi connectivity index (χ2v) is 8.21. The van der Waals surface area contributed by atoms with Gasteiger partial charge in [0.25, 0.3) is 0 Å². The zero-order valence-corrected chi connectivity index (χ0v) is 18.6. The Morgan fingerprint density at radius 3 is 2.65 bits per heavy atom. The number of carbonyl (C=O) groups excluding carboxylic acids is 1. The Hall–Kier alpha value is -4.38. The number of ether oxygens (including phenoxy) is 1. The number of aromatic nitrogens is 4. The molecular weight excluding hydrogens is 428 g/mol. The van der Waals surface area contributed by atoms with E-state index in [1.165, 1.54) is 6.33 Å². The van der Waals surface area contributed by atoms with E-state index < -0.39 is 0 Å². The van der Waals surface area contributed by atoms with Gasteiger partial charge in [-0.2, -0.15) is 5.10 Å². The highest BCUT2D eigenvalue weighted by Gasteiger charge is 2.28. The summed E-state index contributed by atoms with van der Waals surface area (Å²) in [6.07, 6.45) is 8.63. The molecule has 4 aromatic rings. The molecule has 0 spiro atoms. The summed E-state index contributed by atoms with van der Waals surface area (Å²) in [4.78, 5) is 22.9. The van der Waals surface area contributed by atoms with E-state index in [2.05, 4.69) is 15.9 Å². The minimum Gasteiger partial charge on any atom is -0.457 e. The van der Waals surface area contributed by atoms with Gasteiger partial charge >= 0.3 is 0 Å². The number of carbonyl (C=O) groups is 1. The number of nitrogens with zero attached hydrogens (tertiary/aromatic N) is 5. The summed E-state index contributed by atoms with van der Waals surface area (Å²) in [7, 11) is 0. The van der Waals surface area contributed by atoms with Gasteiger partial charge in [0, 0.05) is 18.7 Å². The lowest BCUT2D eigenvalue weighted by atomic mass is 10.1. The molecule has 0 saturated carbocycles. The smallest absolute Gasteiger partial charge is 0.234 e. The van der Waals surface area contributed by atoms with Crippen molar-refractivity contribution in [2.24, 2.45) is 0 Å². The molecular formula is C26H24N6O2. The number of nitrogen functional groups attached to an aromatic ring is 1. The van der Waals surface area contributed by atoms with E-state index in [1.54, 1.807) is 0 Å². The minimum absolute atomic E-state index is 0.0262. The van der Waals surface area contributed by atoms with Crippen molar-refractivity contribution in [3.63, 3.8) is 0 Å². The standard InChI is InChI=1S/C26H24N6O2/c1-2-7-22(33)31-15-6-8-19(16-31)32-26-23(25(27)28-17-29-26)24(30-32)18-11-13-21(14-12-18)34-20-9-4-3-5-10-20/h1,3-5,9-14,17,19H,6-8,15-16H2,(H2,27,28,29)/t19-/m1/s1. The predicted octanol–water partition coefficient (Wildman–Crippen LogP) is 4.05. The topological polar surface area (TPSA) is 99.2 Å². The van der Waals surface area contributed by atoms with Crippen LogP contribution in [0.25, 0.3) is 22.3 Å². The second-order valence-electron chi connectivity index (χ2n) is 8.21. The zero-order chi connectivity index (χ0) is 23.5. The molecule has 2 aromatic carbocycles. The minimum atomic E-state index is -0.0352. The molecule has 1 atom stereocenters. The van der Waals surface area contributed by atoms with E-state index in [-0.39, 0.29) is 18.4 Å². The fourth-order valence-electron chi connectivity index (χ4n) is 4.34. The molecule has 0 aliphatic carbocycles. The summed E-state index contributed by atoms with van der Waals surface area (Å²) in [5.74, 6) is 4.26. The largest absolute Gasteiger partial charge is 0.457 e. The molecule has 1 aliphatic heterocycles. The third-order valence-electron chi connectivity index (χ3n) is 5.97. The molecule has 2 aromatic heterocycles. The van der Waals surface area contributed by atoms with Crippen LogP contribution in [0.1, 0.15) is 25.3 Å². The highest BCUT2D eigenvalue weighted by Crippen LogP contribution is 2.34. The molecule has 0 radical (unpaired) electrons. The maximum Gasteiger partial charge on any atom is 0.234 e. The van der Waals surface area contributed by atoms with Crippen molar-refractivity contribution in [1.29, 1.82) is 0 Å². The molecule has 0 unspecified atom stereocenters. The Labute approximate surface area is 197 Å². The summed E-state index contributed by atoms with van der Waals surface area (Å²) in [5, 5.41) is 5.61. The Bertz CT molecular complexity index is 1360. The third-order valence-corrected chi connectivity index (χ3v) is 5.97. The summed E-state index contributed by atoms with van der Waals surface area (Å²) in [5.41, 5.74) is 8.50. The number of rotatable bonds is 5. The summed E-state index contributed by atoms with van der Waals surface area (Å²) in [6.45, 7) is 1.23. The van der Waals surface area contributed by atoms with Crippen molar-refractivity contribution in [2.45, 2.75) is 25.3 Å². The lowest BCUT2D eigenvalue weighted by Gasteiger charge is -2.32. The molecule has 3 heterocycles. The highest BCUT2D eigenvalue weighted by molar-refractivity contribution is 5.98. The van der Waals surface area contributed by atoms with Crippen LogP contribution in [0.15, 0.2) is 60.9 Å². The molecule has 8 nitrogen and oxygen atoms in total. The first-order valence-electron chi connectivity index (χ1n) is 11.2. The molecule has 34 heavy (non-hydrogen) atoms. The van der Waals surface area contributed by atoms with Crippen LogP contribution in [0.4, 0.5) is 5.82 Å². The number of anilines is 1. The quantitative estimate of drug-likeness (QED) is 0.459. The summed E-state index contributed by atoms with van der Waals surface area (Å²) < 4.78 is 7.79. The Balaban J connectivity index is 1.48. The molecule has 1 fully saturated rings. The number of nitrogens with two attached hydrogens (primary N) is 1. The van der Waals surface area contributed by atoms with Crippen LogP contribution >= 0.6 is 0 Å². The summed E-state index contributed by atoms with van der Waals surface area (Å²) >= 11 is 0. The van der Waals surface area contributed by atoms with E-state index in [9.17, 15) is 4.79 Å². The third kappa shape index (κ3) is 4.16. The molecule has 1 aliphatic rings. The SMILES string of the molecule is C#CCC(=O)N1CCC[C@@H](n2nc(-c3ccc(Oc4ccccc4)cc3)c3c(N)ncnc32)C1. The van der Waals surface area contributed by atoms with Crippen LogP contribution in [-0.4, -0.2) is 43.6 Å². The van der Waals surface area contributed by atoms with E-state index in [0.29, 0.717) is 35.6 Å². The first-order chi connectivity index (χ1) is 16.6. The molecule has 170 valence electrons. The number of terminal acetylenes is 1. The predicted molar refractivity (Wildman–Crippen MR) is 130 cm³/mol. The van der Waals surface area contributed by atoms with Gasteiger partial charge in [0.1, 0.15) is 29.3 Å². The fraction of sp³-hybridized carbons (Fsp3) is 0.231. The van der Waals surface area contributed by atoms with Crippen LogP contribution in [0, 0.1) is 12.3 Å². The van der Waals surface area contributed by atoms with Gasteiger partial charge in [0.05, 0.1) is 17.8 Å². The number of hydrogen-bond donors (Lipinski definition) is 1. The number of fused-ring (bicyclic) bond motifs is 1. The molecule has 5 rings (SSSR count). The van der Waals surface area contributed by atoms with Gasteiger partial charge in [-0.1, -0.05) is 24.1 Å². The van der Waals surface area contributed by atoms with Crippen molar-refractivity contribution < 1.29 is 9.53 Å². The van der Waals surface area contributed by atoms with Gasteiger partial charge < -0.3 is 15.4 Å². The van der Waals surface area contributed by atoms with E-state index in [4.69, 9.17) is 22.0 Å². The highest BCUT2D eigenvalue weighted by atomic mass is 16.5. The first kappa shape index (κ1) is 21.5. The number of benzene rings is 2. The molecule has 1 amide bonds. The summed E-state index contributed by atoms with van der Waals surface area (Å²) in [6, 6.07) is 17.3. The Kier molecular flexibility index (Phi) is 5.83. The van der Waals surface area contributed by atoms with Gasteiger partial charge in [0.15, 0.2) is 5.65 Å². The lowest BCUT2D eigenvalue weighted by molar-refractivity contribution is -0.131. The van der Waals surface area contributed by atoms with Crippen LogP contribution in [0.3, 0.4) is 0 Å². The van der Waals surface area contributed by atoms with Crippen molar-refractivity contribution in [2.75, 3.05) is 18.8 Å².